The van der Waals surface area contributed by atoms with Crippen LogP contribution in [-0.4, -0.2) is 17.8 Å². The number of ether oxygens (including phenoxy) is 1. The van der Waals surface area contributed by atoms with E-state index in [0.717, 1.165) is 0 Å². The maximum atomic E-state index is 11.8. The summed E-state index contributed by atoms with van der Waals surface area (Å²) in [5.41, 5.74) is -0.632. The number of hydrogen-bond donors (Lipinski definition) is 1. The predicted molar refractivity (Wildman–Crippen MR) is 57.5 cm³/mol. The summed E-state index contributed by atoms with van der Waals surface area (Å²) in [4.78, 5) is 11.8. The highest BCUT2D eigenvalue weighted by Gasteiger charge is 2.33. The highest BCUT2D eigenvalue weighted by molar-refractivity contribution is 6.05. The van der Waals surface area contributed by atoms with Gasteiger partial charge in [-0.25, -0.2) is 0 Å². The molecule has 0 spiro atoms. The molecule has 0 aliphatic rings. The van der Waals surface area contributed by atoms with E-state index in [2.05, 4.69) is 0 Å². The summed E-state index contributed by atoms with van der Waals surface area (Å²) in [5, 5.41) is 16.4. The Morgan fingerprint density at radius 1 is 1.40 bits per heavy atom. The molecule has 0 heterocycles. The van der Waals surface area contributed by atoms with Gasteiger partial charge in [0.05, 0.1) is 12.2 Å². The summed E-state index contributed by atoms with van der Waals surface area (Å²) in [7, 11) is 0. The highest BCUT2D eigenvalue weighted by Crippen LogP contribution is 2.21. The highest BCUT2D eigenvalue weighted by atomic mass is 16.5. The molecule has 0 saturated carbocycles. The summed E-state index contributed by atoms with van der Waals surface area (Å²) >= 11 is 0. The lowest BCUT2D eigenvalue weighted by atomic mass is 9.83. The third kappa shape index (κ3) is 4.11. The Morgan fingerprint density at radius 2 is 1.87 bits per heavy atom. The van der Waals surface area contributed by atoms with Gasteiger partial charge in [0.15, 0.2) is 11.7 Å². The van der Waals surface area contributed by atoms with Gasteiger partial charge in [0, 0.05) is 5.41 Å². The zero-order valence-electron chi connectivity index (χ0n) is 9.92. The summed E-state index contributed by atoms with van der Waals surface area (Å²) in [6.45, 7) is 8.68. The Bertz CT molecular complexity index is 295. The Labute approximate surface area is 90.7 Å². The van der Waals surface area contributed by atoms with Crippen molar-refractivity contribution in [1.82, 2.24) is 0 Å². The molecule has 84 valence electrons. The van der Waals surface area contributed by atoms with Gasteiger partial charge in [0.25, 0.3) is 0 Å². The van der Waals surface area contributed by atoms with E-state index in [4.69, 9.17) is 15.4 Å². The minimum absolute atomic E-state index is 0.193. The molecule has 0 aromatic carbocycles. The van der Waals surface area contributed by atoms with Gasteiger partial charge in [0.2, 0.25) is 5.90 Å². The lowest BCUT2D eigenvalue weighted by Gasteiger charge is -2.21. The molecule has 0 radical (unpaired) electrons. The van der Waals surface area contributed by atoms with Crippen LogP contribution in [0.4, 0.5) is 0 Å². The maximum Gasteiger partial charge on any atom is 0.206 e. The molecule has 15 heavy (non-hydrogen) atoms. The Morgan fingerprint density at radius 3 is 2.13 bits per heavy atom. The van der Waals surface area contributed by atoms with E-state index in [1.165, 1.54) is 0 Å². The van der Waals surface area contributed by atoms with E-state index in [0.29, 0.717) is 0 Å². The van der Waals surface area contributed by atoms with E-state index < -0.39 is 11.3 Å². The quantitative estimate of drug-likeness (QED) is 0.573. The van der Waals surface area contributed by atoms with Crippen LogP contribution >= 0.6 is 0 Å². The molecule has 4 heteroatoms. The molecular weight excluding hydrogens is 192 g/mol. The number of carbonyl (C=O) groups is 1. The minimum atomic E-state index is -1.09. The van der Waals surface area contributed by atoms with Crippen LogP contribution in [0.3, 0.4) is 0 Å². The summed E-state index contributed by atoms with van der Waals surface area (Å²) in [5.74, 6) is -1.63. The molecule has 4 nitrogen and oxygen atoms in total. The first kappa shape index (κ1) is 13.6. The third-order valence-electron chi connectivity index (χ3n) is 1.76. The van der Waals surface area contributed by atoms with Crippen LogP contribution in [-0.2, 0) is 9.53 Å². The number of nitriles is 1. The van der Waals surface area contributed by atoms with Gasteiger partial charge < -0.3 is 4.74 Å². The van der Waals surface area contributed by atoms with Crippen LogP contribution in [0.15, 0.2) is 0 Å². The van der Waals surface area contributed by atoms with Crippen molar-refractivity contribution in [3.63, 3.8) is 0 Å². The molecule has 0 amide bonds. The number of hydrogen-bond acceptors (Lipinski definition) is 4. The van der Waals surface area contributed by atoms with Crippen LogP contribution in [0, 0.1) is 28.1 Å². The molecular formula is C11H18N2O2. The van der Waals surface area contributed by atoms with E-state index in [9.17, 15) is 4.79 Å². The molecule has 0 aliphatic heterocycles. The van der Waals surface area contributed by atoms with Crippen LogP contribution in [0.5, 0.6) is 0 Å². The summed E-state index contributed by atoms with van der Waals surface area (Å²) < 4.78 is 5.06. The van der Waals surface area contributed by atoms with Crippen molar-refractivity contribution in [2.45, 2.75) is 40.7 Å². The maximum absolute atomic E-state index is 11.8. The van der Waals surface area contributed by atoms with Crippen LogP contribution in [0.1, 0.15) is 34.6 Å². The average Bonchev–Trinajstić information content (AvgIpc) is 2.01. The van der Waals surface area contributed by atoms with Gasteiger partial charge >= 0.3 is 0 Å². The molecule has 0 aliphatic carbocycles. The van der Waals surface area contributed by atoms with E-state index in [1.54, 1.807) is 34.6 Å². The monoisotopic (exact) mass is 210 g/mol. The first-order valence-corrected chi connectivity index (χ1v) is 4.89. The molecule has 1 unspecified atom stereocenters. The SMILES string of the molecule is CC(C)OC(=N)C(C#N)C(=O)C(C)(C)C. The Balaban J connectivity index is 4.73. The van der Waals surface area contributed by atoms with Gasteiger partial charge in [-0.2, -0.15) is 5.26 Å². The van der Waals surface area contributed by atoms with Crippen LogP contribution < -0.4 is 0 Å². The normalized spacial score (nSPS) is 13.1. The molecule has 0 saturated heterocycles. The fourth-order valence-electron chi connectivity index (χ4n) is 0.991. The summed E-state index contributed by atoms with van der Waals surface area (Å²) in [6.07, 6.45) is -0.193. The van der Waals surface area contributed by atoms with Crippen LogP contribution in [0.25, 0.3) is 0 Å². The third-order valence-corrected chi connectivity index (χ3v) is 1.76. The molecule has 1 N–H and O–H groups in total. The molecule has 0 fully saturated rings. The average molecular weight is 210 g/mol. The molecule has 1 atom stereocenters. The lowest BCUT2D eigenvalue weighted by Crippen LogP contribution is -2.34. The van der Waals surface area contributed by atoms with Gasteiger partial charge in [-0.1, -0.05) is 20.8 Å². The number of rotatable bonds is 3. The van der Waals surface area contributed by atoms with E-state index in [-0.39, 0.29) is 17.8 Å². The van der Waals surface area contributed by atoms with Crippen molar-refractivity contribution in [2.24, 2.45) is 11.3 Å². The number of carbonyl (C=O) groups excluding carboxylic acids is 1. The van der Waals surface area contributed by atoms with Crippen molar-refractivity contribution < 1.29 is 9.53 Å². The zero-order chi connectivity index (χ0) is 12.2. The predicted octanol–water partition coefficient (Wildman–Crippen LogP) is 2.14. The number of Topliss-reactive ketones (excluding diaryl/α,β-unsaturated/α-hetero) is 1. The van der Waals surface area contributed by atoms with Crippen molar-refractivity contribution >= 4 is 11.7 Å². The number of ketones is 1. The van der Waals surface area contributed by atoms with E-state index >= 15 is 0 Å². The minimum Gasteiger partial charge on any atom is -0.477 e. The standard InChI is InChI=1S/C11H18N2O2/c1-7(2)15-10(13)8(6-12)9(14)11(3,4)5/h7-8,13H,1-5H3. The smallest absolute Gasteiger partial charge is 0.206 e. The van der Waals surface area contributed by atoms with Crippen LogP contribution in [0.2, 0.25) is 0 Å². The number of nitrogens with one attached hydrogen (secondary N) is 1. The van der Waals surface area contributed by atoms with Crippen molar-refractivity contribution in [3.05, 3.63) is 0 Å². The van der Waals surface area contributed by atoms with Crippen molar-refractivity contribution in [1.29, 1.82) is 10.7 Å². The summed E-state index contributed by atoms with van der Waals surface area (Å²) in [6, 6.07) is 1.81. The zero-order valence-corrected chi connectivity index (χ0v) is 9.92. The van der Waals surface area contributed by atoms with Gasteiger partial charge in [-0.15, -0.1) is 0 Å². The van der Waals surface area contributed by atoms with Crippen molar-refractivity contribution in [3.8, 4) is 6.07 Å². The second-order valence-electron chi connectivity index (χ2n) is 4.71. The molecule has 0 aromatic rings. The van der Waals surface area contributed by atoms with E-state index in [1.807, 2.05) is 6.07 Å². The van der Waals surface area contributed by atoms with Gasteiger partial charge in [0.1, 0.15) is 0 Å². The van der Waals surface area contributed by atoms with Crippen molar-refractivity contribution in [2.75, 3.05) is 0 Å². The Kier molecular flexibility index (Phi) is 4.47. The largest absolute Gasteiger partial charge is 0.477 e. The number of nitrogens with zero attached hydrogens (tertiary/aromatic N) is 1. The Hall–Kier alpha value is -1.37. The first-order valence-electron chi connectivity index (χ1n) is 4.89. The fraction of sp³-hybridized carbons (Fsp3) is 0.727. The second-order valence-corrected chi connectivity index (χ2v) is 4.71. The lowest BCUT2D eigenvalue weighted by molar-refractivity contribution is -0.127. The fourth-order valence-corrected chi connectivity index (χ4v) is 0.991. The topological polar surface area (TPSA) is 73.9 Å². The molecule has 0 aromatic heterocycles. The second kappa shape index (κ2) is 4.92. The molecule has 0 bridgehead atoms. The van der Waals surface area contributed by atoms with Gasteiger partial charge in [-0.05, 0) is 13.8 Å². The van der Waals surface area contributed by atoms with Gasteiger partial charge in [-0.3, -0.25) is 10.2 Å². The first-order chi connectivity index (χ1) is 6.70. The molecule has 0 rings (SSSR count).